The Kier molecular flexibility index (Phi) is 4.09. The number of hydrogen-bond acceptors (Lipinski definition) is 3. The number of hydrogen-bond donors (Lipinski definition) is 1. The van der Waals surface area contributed by atoms with Gasteiger partial charge in [0.1, 0.15) is 0 Å². The van der Waals surface area contributed by atoms with Crippen molar-refractivity contribution in [2.24, 2.45) is 5.92 Å². The molecule has 0 aliphatic carbocycles. The largest absolute Gasteiger partial charge is 0.358 e. The first-order valence-corrected chi connectivity index (χ1v) is 10.9. The molecule has 0 spiro atoms. The Morgan fingerprint density at radius 3 is 2.90 bits per heavy atom. The maximum absolute atomic E-state index is 13.2. The predicted molar refractivity (Wildman–Crippen MR) is 115 cm³/mol. The van der Waals surface area contributed by atoms with E-state index in [9.17, 15) is 9.59 Å². The zero-order valence-electron chi connectivity index (χ0n) is 17.0. The van der Waals surface area contributed by atoms with Crippen molar-refractivity contribution >= 4 is 16.8 Å². The lowest BCUT2D eigenvalue weighted by atomic mass is 9.83. The summed E-state index contributed by atoms with van der Waals surface area (Å²) in [7, 11) is 0. The zero-order valence-corrected chi connectivity index (χ0v) is 17.0. The molecule has 1 aromatic carbocycles. The Labute approximate surface area is 175 Å². The topological polar surface area (TPSA) is 61.3 Å². The van der Waals surface area contributed by atoms with Crippen LogP contribution in [0.3, 0.4) is 0 Å². The number of nitrogens with one attached hydrogen (secondary N) is 1. The fourth-order valence-corrected chi connectivity index (χ4v) is 5.80. The number of piperidine rings is 1. The maximum Gasteiger partial charge on any atom is 0.250 e. The molecular formula is C24H26N4O2. The molecule has 6 heteroatoms. The lowest BCUT2D eigenvalue weighted by Gasteiger charge is -2.43. The number of amides is 1. The summed E-state index contributed by atoms with van der Waals surface area (Å²) in [4.78, 5) is 33.2. The number of rotatable bonds is 2. The van der Waals surface area contributed by atoms with Crippen molar-refractivity contribution < 1.29 is 4.79 Å². The second-order valence-electron chi connectivity index (χ2n) is 9.09. The van der Waals surface area contributed by atoms with Gasteiger partial charge in [0, 0.05) is 79.0 Å². The van der Waals surface area contributed by atoms with Crippen LogP contribution in [0.2, 0.25) is 0 Å². The smallest absolute Gasteiger partial charge is 0.250 e. The van der Waals surface area contributed by atoms with Crippen LogP contribution in [-0.4, -0.2) is 51.4 Å². The van der Waals surface area contributed by atoms with Gasteiger partial charge in [0.05, 0.1) is 6.54 Å². The van der Waals surface area contributed by atoms with E-state index in [1.54, 1.807) is 6.07 Å². The average Bonchev–Trinajstić information content (AvgIpc) is 3.12. The van der Waals surface area contributed by atoms with Gasteiger partial charge in [-0.3, -0.25) is 14.5 Å². The molecule has 1 unspecified atom stereocenters. The van der Waals surface area contributed by atoms with Crippen molar-refractivity contribution in [1.29, 1.82) is 0 Å². The fourth-order valence-electron chi connectivity index (χ4n) is 5.80. The summed E-state index contributed by atoms with van der Waals surface area (Å²) in [5.74, 6) is 1.02. The molecule has 3 aliphatic heterocycles. The van der Waals surface area contributed by atoms with E-state index in [2.05, 4.69) is 34.1 Å². The molecule has 2 aromatic heterocycles. The molecule has 1 saturated heterocycles. The van der Waals surface area contributed by atoms with Crippen LogP contribution in [0.15, 0.2) is 47.3 Å². The summed E-state index contributed by atoms with van der Waals surface area (Å²) in [5.41, 5.74) is 4.95. The third-order valence-corrected chi connectivity index (χ3v) is 7.15. The number of fused-ring (bicyclic) bond motifs is 7. The van der Waals surface area contributed by atoms with E-state index in [1.807, 2.05) is 21.6 Å². The number of para-hydroxylation sites is 1. The number of aromatic amines is 1. The van der Waals surface area contributed by atoms with Crippen molar-refractivity contribution in [2.75, 3.05) is 26.2 Å². The Morgan fingerprint density at radius 1 is 1.07 bits per heavy atom. The molecule has 1 amide bonds. The first-order chi connectivity index (χ1) is 14.7. The van der Waals surface area contributed by atoms with Gasteiger partial charge >= 0.3 is 0 Å². The van der Waals surface area contributed by atoms with Gasteiger partial charge in [0.25, 0.3) is 5.56 Å². The van der Waals surface area contributed by atoms with E-state index < -0.39 is 0 Å². The van der Waals surface area contributed by atoms with E-state index in [1.165, 1.54) is 16.6 Å². The minimum Gasteiger partial charge on any atom is -0.358 e. The second-order valence-corrected chi connectivity index (χ2v) is 9.09. The molecule has 0 saturated carbocycles. The van der Waals surface area contributed by atoms with E-state index >= 15 is 0 Å². The van der Waals surface area contributed by atoms with Crippen LogP contribution in [0.4, 0.5) is 0 Å². The van der Waals surface area contributed by atoms with E-state index in [0.29, 0.717) is 24.9 Å². The molecular weight excluding hydrogens is 376 g/mol. The third kappa shape index (κ3) is 2.89. The molecule has 30 heavy (non-hydrogen) atoms. The number of carbonyl (C=O) groups is 1. The van der Waals surface area contributed by atoms with Gasteiger partial charge in [-0.2, -0.15) is 0 Å². The summed E-state index contributed by atoms with van der Waals surface area (Å²) in [6, 6.07) is 14.0. The minimum atomic E-state index is 0.106. The van der Waals surface area contributed by atoms with Crippen LogP contribution >= 0.6 is 0 Å². The number of likely N-dealkylation sites (tertiary alicyclic amines) is 1. The molecule has 1 N–H and O–H groups in total. The van der Waals surface area contributed by atoms with Gasteiger partial charge in [0.15, 0.2) is 0 Å². The van der Waals surface area contributed by atoms with Crippen LogP contribution in [0.25, 0.3) is 10.9 Å². The number of aromatic nitrogens is 2. The van der Waals surface area contributed by atoms with Crippen LogP contribution in [0.5, 0.6) is 0 Å². The van der Waals surface area contributed by atoms with Crippen molar-refractivity contribution in [3.8, 4) is 0 Å². The van der Waals surface area contributed by atoms with Crippen LogP contribution in [0.1, 0.15) is 29.3 Å². The first kappa shape index (κ1) is 18.0. The molecule has 3 aromatic rings. The van der Waals surface area contributed by atoms with E-state index in [-0.39, 0.29) is 11.5 Å². The number of nitrogens with zero attached hydrogens (tertiary/aromatic N) is 3. The zero-order chi connectivity index (χ0) is 20.2. The van der Waals surface area contributed by atoms with E-state index in [4.69, 9.17) is 0 Å². The summed E-state index contributed by atoms with van der Waals surface area (Å²) >= 11 is 0. The molecule has 5 heterocycles. The summed E-state index contributed by atoms with van der Waals surface area (Å²) in [5, 5.41) is 1.24. The van der Waals surface area contributed by atoms with Gasteiger partial charge in [-0.05, 0) is 24.5 Å². The van der Waals surface area contributed by atoms with Gasteiger partial charge in [-0.15, -0.1) is 0 Å². The normalized spacial score (nSPS) is 23.3. The van der Waals surface area contributed by atoms with Crippen molar-refractivity contribution in [3.05, 3.63) is 69.8 Å². The highest BCUT2D eigenvalue weighted by Crippen LogP contribution is 2.35. The maximum atomic E-state index is 13.2. The van der Waals surface area contributed by atoms with Gasteiger partial charge < -0.3 is 14.5 Å². The SMILES string of the molecule is O=C(CN1CC2C[C@@H](C1)c1cccc(=O)n1C2)N1CCc2[nH]c3ccccc3c2C1. The summed E-state index contributed by atoms with van der Waals surface area (Å²) in [6.45, 7) is 4.47. The number of H-pyrrole nitrogens is 1. The van der Waals surface area contributed by atoms with Crippen LogP contribution in [-0.2, 0) is 24.3 Å². The monoisotopic (exact) mass is 402 g/mol. The molecule has 0 radical (unpaired) electrons. The Balaban J connectivity index is 1.18. The Bertz CT molecular complexity index is 1190. The standard InChI is InChI=1S/C24H26N4O2/c29-23-7-3-6-22-17-10-16(12-28(22)23)11-26(13-17)15-24(30)27-9-8-21-19(14-27)18-4-1-2-5-20(18)25-21/h1-7,16-17,25H,8-15H2/t16?,17-/m0/s1. The van der Waals surface area contributed by atoms with Gasteiger partial charge in [0.2, 0.25) is 5.91 Å². The molecule has 3 aliphatic rings. The molecule has 154 valence electrons. The summed E-state index contributed by atoms with van der Waals surface area (Å²) in [6.07, 6.45) is 2.01. The Hall–Kier alpha value is -2.86. The second kappa shape index (κ2) is 6.84. The lowest BCUT2D eigenvalue weighted by molar-refractivity contribution is -0.134. The van der Waals surface area contributed by atoms with Crippen molar-refractivity contribution in [1.82, 2.24) is 19.4 Å². The highest BCUT2D eigenvalue weighted by molar-refractivity contribution is 5.86. The number of benzene rings is 1. The molecule has 1 fully saturated rings. The highest BCUT2D eigenvalue weighted by Gasteiger charge is 2.35. The van der Waals surface area contributed by atoms with Crippen LogP contribution in [0, 0.1) is 5.92 Å². The average molecular weight is 402 g/mol. The quantitative estimate of drug-likeness (QED) is 0.716. The highest BCUT2D eigenvalue weighted by atomic mass is 16.2. The third-order valence-electron chi connectivity index (χ3n) is 7.15. The van der Waals surface area contributed by atoms with Crippen molar-refractivity contribution in [3.63, 3.8) is 0 Å². The number of pyridine rings is 1. The predicted octanol–water partition coefficient (Wildman–Crippen LogP) is 2.33. The first-order valence-electron chi connectivity index (χ1n) is 10.9. The molecule has 6 rings (SSSR count). The minimum absolute atomic E-state index is 0.106. The van der Waals surface area contributed by atoms with Gasteiger partial charge in [-0.25, -0.2) is 0 Å². The van der Waals surface area contributed by atoms with E-state index in [0.717, 1.165) is 50.2 Å². The van der Waals surface area contributed by atoms with Crippen LogP contribution < -0.4 is 5.56 Å². The fraction of sp³-hybridized carbons (Fsp3) is 0.417. The summed E-state index contributed by atoms with van der Waals surface area (Å²) < 4.78 is 1.95. The molecule has 2 atom stereocenters. The number of carbonyl (C=O) groups excluding carboxylic acids is 1. The van der Waals surface area contributed by atoms with Crippen molar-refractivity contribution in [2.45, 2.75) is 31.8 Å². The molecule has 6 nitrogen and oxygen atoms in total. The molecule has 2 bridgehead atoms. The lowest BCUT2D eigenvalue weighted by Crippen LogP contribution is -2.50. The van der Waals surface area contributed by atoms with Gasteiger partial charge in [-0.1, -0.05) is 24.3 Å². The Morgan fingerprint density at radius 2 is 1.97 bits per heavy atom.